The van der Waals surface area contributed by atoms with Crippen molar-refractivity contribution < 1.29 is 14.4 Å². The Balaban J connectivity index is 1.77. The number of amides is 1. The van der Waals surface area contributed by atoms with E-state index in [-0.39, 0.29) is 16.7 Å². The molecular weight excluding hydrogens is 376 g/mol. The Kier molecular flexibility index (Phi) is 4.45. The van der Waals surface area contributed by atoms with Gasteiger partial charge in [-0.15, -0.1) is 0 Å². The van der Waals surface area contributed by atoms with Crippen molar-refractivity contribution >= 4 is 34.8 Å². The summed E-state index contributed by atoms with van der Waals surface area (Å²) in [5, 5.41) is 6.07. The quantitative estimate of drug-likeness (QED) is 0.522. The Morgan fingerprint density at radius 1 is 0.750 bits per heavy atom. The zero-order valence-corrected chi connectivity index (χ0v) is 15.4. The molecular formula is C22H15ClN2O3. The lowest BCUT2D eigenvalue weighted by atomic mass is 10.0. The van der Waals surface area contributed by atoms with E-state index in [0.717, 1.165) is 0 Å². The van der Waals surface area contributed by atoms with Crippen molar-refractivity contribution in [2.75, 3.05) is 5.32 Å². The van der Waals surface area contributed by atoms with Gasteiger partial charge < -0.3 is 10.6 Å². The molecule has 0 atom stereocenters. The third kappa shape index (κ3) is 2.96. The molecule has 0 spiro atoms. The van der Waals surface area contributed by atoms with Gasteiger partial charge in [0.1, 0.15) is 0 Å². The fourth-order valence-corrected chi connectivity index (χ4v) is 3.35. The summed E-state index contributed by atoms with van der Waals surface area (Å²) in [7, 11) is 0. The molecule has 28 heavy (non-hydrogen) atoms. The van der Waals surface area contributed by atoms with Gasteiger partial charge in [-0.25, -0.2) is 0 Å². The SMILES string of the molecule is O=C(NC1(Nc2ccccc2)C(=O)c2ccccc2C1=O)c1ccc(Cl)cc1. The van der Waals surface area contributed by atoms with E-state index in [4.69, 9.17) is 11.6 Å². The highest BCUT2D eigenvalue weighted by Crippen LogP contribution is 2.31. The van der Waals surface area contributed by atoms with Gasteiger partial charge in [0.15, 0.2) is 0 Å². The number of ketones is 2. The first-order chi connectivity index (χ1) is 13.5. The molecule has 1 aliphatic rings. The number of para-hydroxylation sites is 1. The van der Waals surface area contributed by atoms with Crippen LogP contribution in [0.3, 0.4) is 0 Å². The van der Waals surface area contributed by atoms with Crippen LogP contribution in [0.25, 0.3) is 0 Å². The van der Waals surface area contributed by atoms with Crippen molar-refractivity contribution in [2.45, 2.75) is 5.66 Å². The molecule has 0 aliphatic heterocycles. The first-order valence-corrected chi connectivity index (χ1v) is 8.99. The van der Waals surface area contributed by atoms with Gasteiger partial charge in [0.2, 0.25) is 17.2 Å². The van der Waals surface area contributed by atoms with Crippen molar-refractivity contribution in [3.8, 4) is 0 Å². The number of rotatable bonds is 4. The van der Waals surface area contributed by atoms with Crippen LogP contribution in [0.1, 0.15) is 31.1 Å². The molecule has 0 saturated carbocycles. The van der Waals surface area contributed by atoms with Gasteiger partial charge in [0.25, 0.3) is 5.91 Å². The largest absolute Gasteiger partial charge is 0.350 e. The molecule has 138 valence electrons. The lowest BCUT2D eigenvalue weighted by Crippen LogP contribution is -2.62. The smallest absolute Gasteiger partial charge is 0.253 e. The number of Topliss-reactive ketones (excluding diaryl/α,β-unsaturated/α-hetero) is 2. The minimum absolute atomic E-state index is 0.271. The molecule has 1 aliphatic carbocycles. The molecule has 1 amide bonds. The summed E-state index contributed by atoms with van der Waals surface area (Å²) in [6.45, 7) is 0. The van der Waals surface area contributed by atoms with Crippen LogP contribution >= 0.6 is 11.6 Å². The maximum atomic E-state index is 13.2. The average molecular weight is 391 g/mol. The van der Waals surface area contributed by atoms with Crippen LogP contribution in [0.15, 0.2) is 78.9 Å². The molecule has 0 saturated heterocycles. The Morgan fingerprint density at radius 2 is 1.29 bits per heavy atom. The van der Waals surface area contributed by atoms with Gasteiger partial charge in [-0.1, -0.05) is 54.1 Å². The van der Waals surface area contributed by atoms with E-state index in [1.54, 1.807) is 60.7 Å². The molecule has 0 unspecified atom stereocenters. The Morgan fingerprint density at radius 3 is 1.86 bits per heavy atom. The minimum atomic E-state index is -1.91. The summed E-state index contributed by atoms with van der Waals surface area (Å²) in [4.78, 5) is 39.3. The van der Waals surface area contributed by atoms with Gasteiger partial charge >= 0.3 is 0 Å². The highest BCUT2D eigenvalue weighted by Gasteiger charge is 2.54. The van der Waals surface area contributed by atoms with Crippen molar-refractivity contribution in [3.05, 3.63) is 101 Å². The van der Waals surface area contributed by atoms with Crippen LogP contribution in [-0.2, 0) is 0 Å². The number of anilines is 1. The molecule has 0 bridgehead atoms. The van der Waals surface area contributed by atoms with Gasteiger partial charge in [0.05, 0.1) is 0 Å². The number of benzene rings is 3. The normalized spacial score (nSPS) is 14.5. The molecule has 0 radical (unpaired) electrons. The Bertz CT molecular complexity index is 1040. The third-order valence-electron chi connectivity index (χ3n) is 4.61. The lowest BCUT2D eigenvalue weighted by Gasteiger charge is -2.29. The number of halogens is 1. The fourth-order valence-electron chi connectivity index (χ4n) is 3.23. The minimum Gasteiger partial charge on any atom is -0.350 e. The molecule has 3 aromatic rings. The van der Waals surface area contributed by atoms with Crippen LogP contribution in [-0.4, -0.2) is 23.1 Å². The van der Waals surface area contributed by atoms with E-state index in [1.165, 1.54) is 12.1 Å². The highest BCUT2D eigenvalue weighted by atomic mass is 35.5. The first-order valence-electron chi connectivity index (χ1n) is 8.61. The molecule has 5 nitrogen and oxygen atoms in total. The van der Waals surface area contributed by atoms with E-state index in [9.17, 15) is 14.4 Å². The zero-order valence-electron chi connectivity index (χ0n) is 14.6. The Hall–Kier alpha value is -3.44. The molecule has 4 rings (SSSR count). The second-order valence-corrected chi connectivity index (χ2v) is 6.84. The topological polar surface area (TPSA) is 75.3 Å². The van der Waals surface area contributed by atoms with Gasteiger partial charge in [0, 0.05) is 27.4 Å². The maximum absolute atomic E-state index is 13.2. The summed E-state index contributed by atoms with van der Waals surface area (Å²) in [5.74, 6) is -1.56. The number of carbonyl (C=O) groups excluding carboxylic acids is 3. The summed E-state index contributed by atoms with van der Waals surface area (Å²) in [6.07, 6.45) is 0. The van der Waals surface area contributed by atoms with Crippen LogP contribution in [0.2, 0.25) is 5.02 Å². The molecule has 0 aromatic heterocycles. The summed E-state index contributed by atoms with van der Waals surface area (Å²) >= 11 is 5.88. The van der Waals surface area contributed by atoms with Crippen molar-refractivity contribution in [1.82, 2.24) is 5.32 Å². The predicted octanol–water partition coefficient (Wildman–Crippen LogP) is 3.96. The Labute approximate surface area is 166 Å². The fraction of sp³-hybridized carbons (Fsp3) is 0.0455. The molecule has 6 heteroatoms. The number of hydrogen-bond donors (Lipinski definition) is 2. The van der Waals surface area contributed by atoms with Crippen LogP contribution in [0.4, 0.5) is 5.69 Å². The first kappa shape index (κ1) is 17.9. The molecule has 3 aromatic carbocycles. The van der Waals surface area contributed by atoms with E-state index in [0.29, 0.717) is 10.7 Å². The van der Waals surface area contributed by atoms with E-state index < -0.39 is 23.1 Å². The van der Waals surface area contributed by atoms with Gasteiger partial charge in [-0.3, -0.25) is 14.4 Å². The van der Waals surface area contributed by atoms with E-state index in [2.05, 4.69) is 10.6 Å². The van der Waals surface area contributed by atoms with Crippen LogP contribution < -0.4 is 10.6 Å². The van der Waals surface area contributed by atoms with Crippen molar-refractivity contribution in [2.24, 2.45) is 0 Å². The summed E-state index contributed by atoms with van der Waals surface area (Å²) in [5.41, 5.74) is -0.551. The molecule has 2 N–H and O–H groups in total. The maximum Gasteiger partial charge on any atom is 0.253 e. The second-order valence-electron chi connectivity index (χ2n) is 6.41. The summed E-state index contributed by atoms with van der Waals surface area (Å²) < 4.78 is 0. The predicted molar refractivity (Wildman–Crippen MR) is 107 cm³/mol. The number of carbonyl (C=O) groups is 3. The standard InChI is InChI=1S/C22H15ClN2O3/c23-15-12-10-14(11-13-15)21(28)25-22(24-16-6-2-1-3-7-16)19(26)17-8-4-5-9-18(17)20(22)27/h1-13,24H,(H,25,28). The van der Waals surface area contributed by atoms with Crippen molar-refractivity contribution in [3.63, 3.8) is 0 Å². The third-order valence-corrected chi connectivity index (χ3v) is 4.86. The lowest BCUT2D eigenvalue weighted by molar-refractivity contribution is 0.0726. The molecule has 0 heterocycles. The monoisotopic (exact) mass is 390 g/mol. The molecule has 0 fully saturated rings. The number of fused-ring (bicyclic) bond motifs is 1. The van der Waals surface area contributed by atoms with Gasteiger partial charge in [-0.05, 0) is 36.4 Å². The zero-order chi connectivity index (χ0) is 19.7. The van der Waals surface area contributed by atoms with E-state index >= 15 is 0 Å². The van der Waals surface area contributed by atoms with Gasteiger partial charge in [-0.2, -0.15) is 0 Å². The second kappa shape index (κ2) is 6.94. The highest BCUT2D eigenvalue weighted by molar-refractivity contribution is 6.35. The number of nitrogens with one attached hydrogen (secondary N) is 2. The summed E-state index contributed by atoms with van der Waals surface area (Å²) in [6, 6.07) is 21.5. The number of hydrogen-bond acceptors (Lipinski definition) is 4. The van der Waals surface area contributed by atoms with E-state index in [1.807, 2.05) is 6.07 Å². The van der Waals surface area contributed by atoms with Crippen molar-refractivity contribution in [1.29, 1.82) is 0 Å². The van der Waals surface area contributed by atoms with Crippen LogP contribution in [0.5, 0.6) is 0 Å². The van der Waals surface area contributed by atoms with Crippen LogP contribution in [0, 0.1) is 0 Å². The average Bonchev–Trinajstić information content (AvgIpc) is 2.92.